The van der Waals surface area contributed by atoms with Gasteiger partial charge in [-0.2, -0.15) is 0 Å². The second-order valence-corrected chi connectivity index (χ2v) is 7.34. The van der Waals surface area contributed by atoms with E-state index >= 15 is 0 Å². The minimum atomic E-state index is -1.07. The summed E-state index contributed by atoms with van der Waals surface area (Å²) in [7, 11) is 0. The Hall–Kier alpha value is -2.86. The number of hydrogen-bond acceptors (Lipinski definition) is 6. The Morgan fingerprint density at radius 2 is 1.57 bits per heavy atom. The van der Waals surface area contributed by atoms with E-state index in [0.717, 1.165) is 11.1 Å². The highest BCUT2D eigenvalue weighted by molar-refractivity contribution is 5.95. The molecule has 28 heavy (non-hydrogen) atoms. The smallest absolute Gasteiger partial charge is 0.321 e. The molecule has 0 heterocycles. The van der Waals surface area contributed by atoms with Crippen LogP contribution in [0.25, 0.3) is 0 Å². The lowest BCUT2D eigenvalue weighted by Gasteiger charge is -2.23. The first-order valence-corrected chi connectivity index (χ1v) is 9.14. The van der Waals surface area contributed by atoms with Crippen molar-refractivity contribution in [3.63, 3.8) is 0 Å². The summed E-state index contributed by atoms with van der Waals surface area (Å²) in [6.07, 6.45) is 0.159. The number of nitrogens with two attached hydrogens (primary N) is 1. The molecule has 0 amide bonds. The molecule has 2 aromatic rings. The molecule has 0 aliphatic carbocycles. The molecule has 0 saturated heterocycles. The van der Waals surface area contributed by atoms with Crippen molar-refractivity contribution in [2.24, 2.45) is 11.7 Å². The lowest BCUT2D eigenvalue weighted by molar-refractivity contribution is -0.169. The van der Waals surface area contributed by atoms with Gasteiger partial charge in [0.1, 0.15) is 24.7 Å². The molecule has 6 nitrogen and oxygen atoms in total. The molecule has 1 unspecified atom stereocenters. The lowest BCUT2D eigenvalue weighted by Crippen LogP contribution is -2.35. The van der Waals surface area contributed by atoms with Crippen LogP contribution in [0.3, 0.4) is 0 Å². The highest BCUT2D eigenvalue weighted by atomic mass is 16.6. The standard InChI is InChI=1S/C22H27NO5/c1-22(2,3)28-21(25)19(20(24)27-15-23)13-16-9-11-18(12-10-16)26-14-17-7-5-4-6-8-17/h4-12,19H,13-15,23H2,1-3H3. The van der Waals surface area contributed by atoms with Crippen molar-refractivity contribution >= 4 is 11.9 Å². The van der Waals surface area contributed by atoms with Crippen LogP contribution in [0.1, 0.15) is 31.9 Å². The van der Waals surface area contributed by atoms with Gasteiger partial charge in [-0.25, -0.2) is 0 Å². The van der Waals surface area contributed by atoms with E-state index in [2.05, 4.69) is 0 Å². The Labute approximate surface area is 165 Å². The Bertz CT molecular complexity index is 766. The molecule has 1 atom stereocenters. The van der Waals surface area contributed by atoms with Gasteiger partial charge in [0.15, 0.2) is 5.92 Å². The van der Waals surface area contributed by atoms with E-state index in [4.69, 9.17) is 19.9 Å². The summed E-state index contributed by atoms with van der Waals surface area (Å²) in [5.74, 6) is -1.69. The number of rotatable bonds is 8. The van der Waals surface area contributed by atoms with Gasteiger partial charge < -0.3 is 14.2 Å². The van der Waals surface area contributed by atoms with Crippen molar-refractivity contribution in [3.05, 3.63) is 65.7 Å². The fraction of sp³-hybridized carbons (Fsp3) is 0.364. The first-order valence-electron chi connectivity index (χ1n) is 9.14. The summed E-state index contributed by atoms with van der Waals surface area (Å²) in [6.45, 7) is 5.41. The topological polar surface area (TPSA) is 87.8 Å². The predicted molar refractivity (Wildman–Crippen MR) is 105 cm³/mol. The van der Waals surface area contributed by atoms with Crippen LogP contribution in [-0.4, -0.2) is 24.3 Å². The van der Waals surface area contributed by atoms with Gasteiger partial charge in [-0.05, 0) is 50.5 Å². The monoisotopic (exact) mass is 385 g/mol. The molecule has 0 aromatic heterocycles. The number of hydrogen-bond donors (Lipinski definition) is 1. The first-order chi connectivity index (χ1) is 13.3. The molecule has 0 aliphatic rings. The summed E-state index contributed by atoms with van der Waals surface area (Å²) in [5.41, 5.74) is 6.44. The van der Waals surface area contributed by atoms with Crippen LogP contribution in [0.2, 0.25) is 0 Å². The van der Waals surface area contributed by atoms with Crippen LogP contribution in [0.15, 0.2) is 54.6 Å². The van der Waals surface area contributed by atoms with Gasteiger partial charge >= 0.3 is 11.9 Å². The third-order valence-corrected chi connectivity index (χ3v) is 3.81. The summed E-state index contributed by atoms with van der Waals surface area (Å²) in [4.78, 5) is 24.6. The van der Waals surface area contributed by atoms with Gasteiger partial charge in [-0.3, -0.25) is 15.3 Å². The zero-order valence-corrected chi connectivity index (χ0v) is 16.5. The highest BCUT2D eigenvalue weighted by Crippen LogP contribution is 2.20. The number of carbonyl (C=O) groups is 2. The molecule has 0 fully saturated rings. The fourth-order valence-electron chi connectivity index (χ4n) is 2.52. The average Bonchev–Trinajstić information content (AvgIpc) is 2.65. The predicted octanol–water partition coefficient (Wildman–Crippen LogP) is 3.23. The van der Waals surface area contributed by atoms with Gasteiger partial charge in [-0.15, -0.1) is 0 Å². The summed E-state index contributed by atoms with van der Waals surface area (Å²) in [5, 5.41) is 0. The Kier molecular flexibility index (Phi) is 7.58. The van der Waals surface area contributed by atoms with Crippen molar-refractivity contribution in [1.29, 1.82) is 0 Å². The number of ether oxygens (including phenoxy) is 3. The summed E-state index contributed by atoms with van der Waals surface area (Å²) < 4.78 is 15.9. The van der Waals surface area contributed by atoms with Crippen LogP contribution in [-0.2, 0) is 32.1 Å². The largest absolute Gasteiger partial charge is 0.489 e. The fourth-order valence-corrected chi connectivity index (χ4v) is 2.52. The van der Waals surface area contributed by atoms with Crippen molar-refractivity contribution in [2.45, 2.75) is 39.4 Å². The van der Waals surface area contributed by atoms with Gasteiger partial charge in [0.25, 0.3) is 0 Å². The van der Waals surface area contributed by atoms with Gasteiger partial charge in [0.05, 0.1) is 0 Å². The molecular weight excluding hydrogens is 358 g/mol. The van der Waals surface area contributed by atoms with Gasteiger partial charge in [0, 0.05) is 0 Å². The van der Waals surface area contributed by atoms with E-state index < -0.39 is 23.5 Å². The van der Waals surface area contributed by atoms with Crippen LogP contribution in [0.5, 0.6) is 5.75 Å². The minimum Gasteiger partial charge on any atom is -0.489 e. The van der Waals surface area contributed by atoms with Crippen molar-refractivity contribution < 1.29 is 23.8 Å². The third-order valence-electron chi connectivity index (χ3n) is 3.81. The van der Waals surface area contributed by atoms with Crippen molar-refractivity contribution in [1.82, 2.24) is 0 Å². The Balaban J connectivity index is 2.02. The normalized spacial score (nSPS) is 12.1. The van der Waals surface area contributed by atoms with Crippen molar-refractivity contribution in [3.8, 4) is 5.75 Å². The summed E-state index contributed by atoms with van der Waals surface area (Å²) in [6, 6.07) is 17.1. The molecule has 0 aliphatic heterocycles. The molecule has 6 heteroatoms. The SMILES string of the molecule is CC(C)(C)OC(=O)C(Cc1ccc(OCc2ccccc2)cc1)C(=O)OCN. The van der Waals surface area contributed by atoms with E-state index in [1.807, 2.05) is 42.5 Å². The van der Waals surface area contributed by atoms with E-state index in [1.165, 1.54) is 0 Å². The molecule has 0 spiro atoms. The van der Waals surface area contributed by atoms with E-state index in [1.54, 1.807) is 32.9 Å². The lowest BCUT2D eigenvalue weighted by atomic mass is 9.99. The molecule has 0 radical (unpaired) electrons. The Morgan fingerprint density at radius 3 is 2.14 bits per heavy atom. The Morgan fingerprint density at radius 1 is 0.929 bits per heavy atom. The maximum atomic E-state index is 12.4. The minimum absolute atomic E-state index is 0.159. The van der Waals surface area contributed by atoms with Crippen LogP contribution < -0.4 is 10.5 Å². The first kappa shape index (κ1) is 21.4. The number of esters is 2. The zero-order valence-electron chi connectivity index (χ0n) is 16.5. The number of benzene rings is 2. The van der Waals surface area contributed by atoms with Crippen LogP contribution >= 0.6 is 0 Å². The van der Waals surface area contributed by atoms with Gasteiger partial charge in [0.2, 0.25) is 0 Å². The number of carbonyl (C=O) groups excluding carboxylic acids is 2. The summed E-state index contributed by atoms with van der Waals surface area (Å²) >= 11 is 0. The molecule has 0 saturated carbocycles. The third kappa shape index (κ3) is 7.04. The average molecular weight is 385 g/mol. The maximum absolute atomic E-state index is 12.4. The van der Waals surface area contributed by atoms with E-state index in [0.29, 0.717) is 12.4 Å². The van der Waals surface area contributed by atoms with Crippen LogP contribution in [0, 0.1) is 5.92 Å². The molecule has 2 N–H and O–H groups in total. The quantitative estimate of drug-likeness (QED) is 0.426. The maximum Gasteiger partial charge on any atom is 0.321 e. The highest BCUT2D eigenvalue weighted by Gasteiger charge is 2.32. The second-order valence-electron chi connectivity index (χ2n) is 7.34. The molecule has 150 valence electrons. The molecule has 2 aromatic carbocycles. The van der Waals surface area contributed by atoms with E-state index in [9.17, 15) is 9.59 Å². The van der Waals surface area contributed by atoms with Crippen molar-refractivity contribution in [2.75, 3.05) is 6.73 Å². The van der Waals surface area contributed by atoms with Crippen LogP contribution in [0.4, 0.5) is 0 Å². The van der Waals surface area contributed by atoms with E-state index in [-0.39, 0.29) is 13.2 Å². The molecule has 2 rings (SSSR count). The van der Waals surface area contributed by atoms with Gasteiger partial charge in [-0.1, -0.05) is 42.5 Å². The zero-order chi connectivity index (χ0) is 20.6. The second kappa shape index (κ2) is 9.90. The molecule has 0 bridgehead atoms. The molecular formula is C22H27NO5.